The molecule has 0 amide bonds. The molecule has 0 heterocycles. The van der Waals surface area contributed by atoms with E-state index in [2.05, 4.69) is 0 Å². The van der Waals surface area contributed by atoms with E-state index in [1.165, 1.54) is 0 Å². The minimum Gasteiger partial charge on any atom is -0.508 e. The molecule has 1 aromatic rings. The van der Waals surface area contributed by atoms with Gasteiger partial charge in [-0.25, -0.2) is 0 Å². The summed E-state index contributed by atoms with van der Waals surface area (Å²) in [6.07, 6.45) is 0.543. The fourth-order valence-electron chi connectivity index (χ4n) is 1.84. The lowest BCUT2D eigenvalue weighted by molar-refractivity contribution is -0.138. The van der Waals surface area contributed by atoms with Crippen LogP contribution >= 0.6 is 0 Å². The van der Waals surface area contributed by atoms with Gasteiger partial charge in [0.25, 0.3) is 0 Å². The molecule has 4 nitrogen and oxygen atoms in total. The number of phenols is 1. The zero-order chi connectivity index (χ0) is 13.0. The number of carboxylic acids is 1. The molecule has 17 heavy (non-hydrogen) atoms. The first-order valence-corrected chi connectivity index (χ1v) is 5.65. The van der Waals surface area contributed by atoms with Gasteiger partial charge in [0.1, 0.15) is 5.75 Å². The van der Waals surface area contributed by atoms with E-state index < -0.39 is 11.9 Å². The Morgan fingerprint density at radius 3 is 2.53 bits per heavy atom. The van der Waals surface area contributed by atoms with E-state index in [1.807, 2.05) is 25.9 Å². The highest BCUT2D eigenvalue weighted by Crippen LogP contribution is 2.26. The first-order valence-electron chi connectivity index (χ1n) is 5.65. The van der Waals surface area contributed by atoms with Gasteiger partial charge in [-0.15, -0.1) is 0 Å². The molecule has 0 aromatic heterocycles. The molecule has 0 aliphatic rings. The molecule has 0 aliphatic heterocycles. The van der Waals surface area contributed by atoms with E-state index in [1.54, 1.807) is 18.2 Å². The lowest BCUT2D eigenvalue weighted by atomic mass is 9.94. The summed E-state index contributed by atoms with van der Waals surface area (Å²) >= 11 is 0. The molecule has 0 fully saturated rings. The van der Waals surface area contributed by atoms with E-state index in [-0.39, 0.29) is 5.75 Å². The Labute approximate surface area is 101 Å². The maximum Gasteiger partial charge on any atom is 0.310 e. The second-order valence-corrected chi connectivity index (χ2v) is 4.43. The lowest BCUT2D eigenvalue weighted by Gasteiger charge is -2.15. The van der Waals surface area contributed by atoms with E-state index in [4.69, 9.17) is 5.11 Å². The third-order valence-corrected chi connectivity index (χ3v) is 2.70. The zero-order valence-electron chi connectivity index (χ0n) is 10.5. The molecule has 0 saturated carbocycles. The number of carbonyl (C=O) groups is 1. The number of rotatable bonds is 5. The van der Waals surface area contributed by atoms with Gasteiger partial charge in [-0.3, -0.25) is 4.79 Å². The van der Waals surface area contributed by atoms with E-state index >= 15 is 0 Å². The third kappa shape index (κ3) is 3.46. The van der Waals surface area contributed by atoms with Crippen LogP contribution in [0.5, 0.6) is 5.75 Å². The summed E-state index contributed by atoms with van der Waals surface area (Å²) in [5, 5.41) is 18.8. The molecule has 0 spiro atoms. The van der Waals surface area contributed by atoms with Gasteiger partial charge in [0.15, 0.2) is 0 Å². The monoisotopic (exact) mass is 237 g/mol. The van der Waals surface area contributed by atoms with Crippen LogP contribution in [0.3, 0.4) is 0 Å². The molecule has 1 unspecified atom stereocenters. The van der Waals surface area contributed by atoms with Gasteiger partial charge in [-0.05, 0) is 38.2 Å². The number of nitrogens with zero attached hydrogens (tertiary/aromatic N) is 1. The quantitative estimate of drug-likeness (QED) is 0.822. The fraction of sp³-hybridized carbons (Fsp3) is 0.462. The van der Waals surface area contributed by atoms with Gasteiger partial charge >= 0.3 is 5.97 Å². The van der Waals surface area contributed by atoms with E-state index in [9.17, 15) is 9.90 Å². The highest BCUT2D eigenvalue weighted by molar-refractivity contribution is 5.76. The normalized spacial score (nSPS) is 12.7. The van der Waals surface area contributed by atoms with Gasteiger partial charge in [0, 0.05) is 12.1 Å². The van der Waals surface area contributed by atoms with Crippen molar-refractivity contribution in [1.82, 2.24) is 4.90 Å². The smallest absolute Gasteiger partial charge is 0.310 e. The number of phenolic OH excluding ortho intramolecular Hbond substituents is 1. The Bertz CT molecular complexity index is 402. The maximum atomic E-state index is 11.1. The van der Waals surface area contributed by atoms with Crippen molar-refractivity contribution in [2.24, 2.45) is 0 Å². The van der Waals surface area contributed by atoms with Crippen LogP contribution < -0.4 is 0 Å². The Hall–Kier alpha value is -1.55. The average molecular weight is 237 g/mol. The third-order valence-electron chi connectivity index (χ3n) is 2.70. The van der Waals surface area contributed by atoms with Crippen molar-refractivity contribution in [3.05, 3.63) is 29.3 Å². The fourth-order valence-corrected chi connectivity index (χ4v) is 1.84. The van der Waals surface area contributed by atoms with Crippen molar-refractivity contribution in [1.29, 1.82) is 0 Å². The SMILES string of the molecule is CCC(C(=O)O)c1ccc(O)c(CN(C)C)c1. The summed E-state index contributed by atoms with van der Waals surface area (Å²) in [5.41, 5.74) is 1.50. The minimum absolute atomic E-state index is 0.211. The van der Waals surface area contributed by atoms with Crippen molar-refractivity contribution >= 4 is 5.97 Å². The molecule has 0 aliphatic carbocycles. The molecule has 0 bridgehead atoms. The highest BCUT2D eigenvalue weighted by Gasteiger charge is 2.18. The molecule has 0 radical (unpaired) electrons. The first kappa shape index (κ1) is 13.5. The van der Waals surface area contributed by atoms with Crippen LogP contribution in [-0.2, 0) is 11.3 Å². The second-order valence-electron chi connectivity index (χ2n) is 4.43. The van der Waals surface area contributed by atoms with Crippen LogP contribution in [-0.4, -0.2) is 35.2 Å². The van der Waals surface area contributed by atoms with Crippen molar-refractivity contribution in [3.63, 3.8) is 0 Å². The first-order chi connectivity index (χ1) is 7.95. The summed E-state index contributed by atoms with van der Waals surface area (Å²) in [6, 6.07) is 5.02. The summed E-state index contributed by atoms with van der Waals surface area (Å²) < 4.78 is 0. The average Bonchev–Trinajstić information content (AvgIpc) is 2.22. The number of carboxylic acid groups (broad SMARTS) is 1. The predicted octanol–water partition coefficient (Wildman–Crippen LogP) is 2.03. The Kier molecular flexibility index (Phi) is 4.52. The van der Waals surface area contributed by atoms with Gasteiger partial charge in [0.2, 0.25) is 0 Å². The van der Waals surface area contributed by atoms with Gasteiger partial charge < -0.3 is 15.1 Å². The van der Waals surface area contributed by atoms with E-state index in [0.717, 1.165) is 11.1 Å². The maximum absolute atomic E-state index is 11.1. The van der Waals surface area contributed by atoms with Gasteiger partial charge in [-0.1, -0.05) is 13.0 Å². The molecule has 4 heteroatoms. The summed E-state index contributed by atoms with van der Waals surface area (Å²) in [6.45, 7) is 2.44. The molecule has 94 valence electrons. The number of aliphatic carboxylic acids is 1. The Morgan fingerprint density at radius 1 is 1.41 bits per heavy atom. The van der Waals surface area contributed by atoms with Gasteiger partial charge in [0.05, 0.1) is 5.92 Å². The molecule has 2 N–H and O–H groups in total. The highest BCUT2D eigenvalue weighted by atomic mass is 16.4. The lowest BCUT2D eigenvalue weighted by Crippen LogP contribution is -2.13. The molecule has 1 rings (SSSR count). The predicted molar refractivity (Wildman–Crippen MR) is 66.2 cm³/mol. The Morgan fingerprint density at radius 2 is 2.06 bits per heavy atom. The van der Waals surface area contributed by atoms with Crippen LogP contribution in [0.4, 0.5) is 0 Å². The van der Waals surface area contributed by atoms with Crippen molar-refractivity contribution < 1.29 is 15.0 Å². The largest absolute Gasteiger partial charge is 0.508 e. The molecule has 1 atom stereocenters. The number of hydrogen-bond donors (Lipinski definition) is 2. The number of hydrogen-bond acceptors (Lipinski definition) is 3. The summed E-state index contributed by atoms with van der Waals surface area (Å²) in [4.78, 5) is 13.0. The second kappa shape index (κ2) is 5.68. The van der Waals surface area contributed by atoms with Crippen LogP contribution in [0, 0.1) is 0 Å². The number of benzene rings is 1. The van der Waals surface area contributed by atoms with Crippen LogP contribution in [0.15, 0.2) is 18.2 Å². The summed E-state index contributed by atoms with van der Waals surface area (Å²) in [7, 11) is 3.81. The zero-order valence-corrected chi connectivity index (χ0v) is 10.5. The molecular weight excluding hydrogens is 218 g/mol. The topological polar surface area (TPSA) is 60.8 Å². The molecule has 1 aromatic carbocycles. The molecule has 0 saturated heterocycles. The van der Waals surface area contributed by atoms with Crippen LogP contribution in [0.25, 0.3) is 0 Å². The molecular formula is C13H19NO3. The minimum atomic E-state index is -0.825. The van der Waals surface area contributed by atoms with Crippen molar-refractivity contribution in [3.8, 4) is 5.75 Å². The van der Waals surface area contributed by atoms with Gasteiger partial charge in [-0.2, -0.15) is 0 Å². The standard InChI is InChI=1S/C13H19NO3/c1-4-11(13(16)17)9-5-6-12(15)10(7-9)8-14(2)3/h5-7,11,15H,4,8H2,1-3H3,(H,16,17). The van der Waals surface area contributed by atoms with Crippen molar-refractivity contribution in [2.75, 3.05) is 14.1 Å². The van der Waals surface area contributed by atoms with Crippen LogP contribution in [0.2, 0.25) is 0 Å². The van der Waals surface area contributed by atoms with Crippen LogP contribution in [0.1, 0.15) is 30.4 Å². The Balaban J connectivity index is 3.06. The van der Waals surface area contributed by atoms with Crippen molar-refractivity contribution in [2.45, 2.75) is 25.8 Å². The van der Waals surface area contributed by atoms with E-state index in [0.29, 0.717) is 13.0 Å². The number of aromatic hydroxyl groups is 1. The summed E-state index contributed by atoms with van der Waals surface area (Å²) in [5.74, 6) is -1.12.